The van der Waals surface area contributed by atoms with E-state index in [1.54, 1.807) is 6.07 Å². The lowest BCUT2D eigenvalue weighted by Gasteiger charge is -2.36. The number of thiocarbonyl (C=S) groups is 1. The highest BCUT2D eigenvalue weighted by atomic mass is 32.1. The summed E-state index contributed by atoms with van der Waals surface area (Å²) in [7, 11) is 0. The van der Waals surface area contributed by atoms with Crippen LogP contribution < -0.4 is 5.32 Å². The lowest BCUT2D eigenvalue weighted by molar-refractivity contribution is -0.137. The van der Waals surface area contributed by atoms with Gasteiger partial charge in [0.15, 0.2) is 5.11 Å². The number of alkyl halides is 3. The zero-order valence-corrected chi connectivity index (χ0v) is 16.8. The van der Waals surface area contributed by atoms with Crippen LogP contribution in [0.25, 0.3) is 0 Å². The van der Waals surface area contributed by atoms with Gasteiger partial charge in [0.2, 0.25) is 0 Å². The second-order valence-electron chi connectivity index (χ2n) is 7.14. The minimum Gasteiger partial charge on any atom is -0.346 e. The smallest absolute Gasteiger partial charge is 0.346 e. The minimum absolute atomic E-state index is 0.509. The average molecular weight is 408 g/mol. The van der Waals surface area contributed by atoms with E-state index in [-0.39, 0.29) is 0 Å². The molecular weight excluding hydrogens is 383 g/mol. The van der Waals surface area contributed by atoms with Crippen LogP contribution in [0, 0.1) is 13.8 Å². The number of benzene rings is 2. The van der Waals surface area contributed by atoms with E-state index in [0.717, 1.165) is 37.9 Å². The predicted octanol–water partition coefficient (Wildman–Crippen LogP) is 4.84. The molecule has 0 aromatic heterocycles. The van der Waals surface area contributed by atoms with Gasteiger partial charge in [0.25, 0.3) is 0 Å². The summed E-state index contributed by atoms with van der Waals surface area (Å²) in [5.41, 5.74) is 3.48. The molecule has 0 bridgehead atoms. The number of hydrogen-bond donors (Lipinski definition) is 1. The number of rotatable bonds is 3. The maximum Gasteiger partial charge on any atom is 0.416 e. The third kappa shape index (κ3) is 5.02. The van der Waals surface area contributed by atoms with Crippen LogP contribution in [0.3, 0.4) is 0 Å². The fourth-order valence-electron chi connectivity index (χ4n) is 3.29. The van der Waals surface area contributed by atoms with Crippen LogP contribution in [0.1, 0.15) is 22.3 Å². The Labute approximate surface area is 169 Å². The highest BCUT2D eigenvalue weighted by molar-refractivity contribution is 7.80. The van der Waals surface area contributed by atoms with Crippen LogP contribution in [-0.4, -0.2) is 41.1 Å². The highest BCUT2D eigenvalue weighted by Crippen LogP contribution is 2.29. The first kappa shape index (κ1) is 20.6. The van der Waals surface area contributed by atoms with E-state index in [2.05, 4.69) is 35.0 Å². The Balaban J connectivity index is 1.54. The molecule has 3 nitrogen and oxygen atoms in total. The molecule has 0 unspecified atom stereocenters. The molecule has 0 amide bonds. The standard InChI is InChI=1S/C21H24F3N3S/c1-15-5-3-8-19(16(15)2)25-20(28)27-11-9-26(10-12-27)14-17-6-4-7-18(13-17)21(22,23)24/h3-8,13H,9-12,14H2,1-2H3,(H,25,28). The molecule has 2 aromatic carbocycles. The molecule has 1 aliphatic heterocycles. The maximum atomic E-state index is 12.9. The van der Waals surface area contributed by atoms with Crippen molar-refractivity contribution in [1.29, 1.82) is 0 Å². The van der Waals surface area contributed by atoms with E-state index in [0.29, 0.717) is 17.2 Å². The van der Waals surface area contributed by atoms with E-state index in [1.165, 1.54) is 23.3 Å². The van der Waals surface area contributed by atoms with Crippen molar-refractivity contribution in [2.75, 3.05) is 31.5 Å². The van der Waals surface area contributed by atoms with Crippen molar-refractivity contribution in [3.63, 3.8) is 0 Å². The van der Waals surface area contributed by atoms with Crippen LogP contribution in [0.4, 0.5) is 18.9 Å². The summed E-state index contributed by atoms with van der Waals surface area (Å²) in [4.78, 5) is 4.27. The average Bonchev–Trinajstić information content (AvgIpc) is 2.65. The Morgan fingerprint density at radius 1 is 1.04 bits per heavy atom. The molecule has 7 heteroatoms. The molecule has 3 rings (SSSR count). The summed E-state index contributed by atoms with van der Waals surface area (Å²) >= 11 is 5.56. The zero-order chi connectivity index (χ0) is 20.3. The summed E-state index contributed by atoms with van der Waals surface area (Å²) < 4.78 is 38.6. The van der Waals surface area contributed by atoms with Crippen LogP contribution in [0.15, 0.2) is 42.5 Å². The second kappa shape index (κ2) is 8.49. The Morgan fingerprint density at radius 3 is 2.39 bits per heavy atom. The summed E-state index contributed by atoms with van der Waals surface area (Å²) in [6.07, 6.45) is -4.31. The molecule has 0 spiro atoms. The van der Waals surface area contributed by atoms with Gasteiger partial charge < -0.3 is 10.2 Å². The van der Waals surface area contributed by atoms with Crippen LogP contribution >= 0.6 is 12.2 Å². The minimum atomic E-state index is -4.31. The van der Waals surface area contributed by atoms with Crippen LogP contribution in [0.2, 0.25) is 0 Å². The van der Waals surface area contributed by atoms with Gasteiger partial charge in [-0.25, -0.2) is 0 Å². The number of nitrogens with zero attached hydrogens (tertiary/aromatic N) is 2. The van der Waals surface area contributed by atoms with Gasteiger partial charge >= 0.3 is 6.18 Å². The Bertz CT molecular complexity index is 843. The van der Waals surface area contributed by atoms with Crippen molar-refractivity contribution in [2.24, 2.45) is 0 Å². The number of halogens is 3. The number of piperazine rings is 1. The SMILES string of the molecule is Cc1cccc(NC(=S)N2CCN(Cc3cccc(C(F)(F)F)c3)CC2)c1C. The van der Waals surface area contributed by atoms with E-state index >= 15 is 0 Å². The number of hydrogen-bond acceptors (Lipinski definition) is 2. The van der Waals surface area contributed by atoms with Gasteiger partial charge in [0.05, 0.1) is 5.56 Å². The number of nitrogens with one attached hydrogen (secondary N) is 1. The third-order valence-electron chi connectivity index (χ3n) is 5.17. The molecule has 2 aromatic rings. The van der Waals surface area contributed by atoms with Crippen molar-refractivity contribution >= 4 is 23.0 Å². The fraction of sp³-hybridized carbons (Fsp3) is 0.381. The monoisotopic (exact) mass is 407 g/mol. The molecule has 1 heterocycles. The number of aryl methyl sites for hydroxylation is 1. The molecule has 150 valence electrons. The van der Waals surface area contributed by atoms with Crippen molar-refractivity contribution < 1.29 is 13.2 Å². The first-order valence-corrected chi connectivity index (χ1v) is 9.65. The number of anilines is 1. The van der Waals surface area contributed by atoms with Crippen molar-refractivity contribution in [3.05, 3.63) is 64.7 Å². The Morgan fingerprint density at radius 2 is 1.71 bits per heavy atom. The largest absolute Gasteiger partial charge is 0.416 e. The molecule has 1 saturated heterocycles. The molecule has 1 aliphatic rings. The van der Waals surface area contributed by atoms with Gasteiger partial charge in [-0.15, -0.1) is 0 Å². The summed E-state index contributed by atoms with van der Waals surface area (Å²) in [6, 6.07) is 11.6. The van der Waals surface area contributed by atoms with Gasteiger partial charge in [-0.3, -0.25) is 4.90 Å². The van der Waals surface area contributed by atoms with Crippen LogP contribution in [-0.2, 0) is 12.7 Å². The van der Waals surface area contributed by atoms with E-state index in [4.69, 9.17) is 12.2 Å². The summed E-state index contributed by atoms with van der Waals surface area (Å²) in [6.45, 7) is 7.64. The lowest BCUT2D eigenvalue weighted by Crippen LogP contribution is -2.49. The molecule has 0 saturated carbocycles. The zero-order valence-electron chi connectivity index (χ0n) is 16.0. The topological polar surface area (TPSA) is 18.5 Å². The fourth-order valence-corrected chi connectivity index (χ4v) is 3.59. The highest BCUT2D eigenvalue weighted by Gasteiger charge is 2.30. The van der Waals surface area contributed by atoms with E-state index in [1.807, 2.05) is 12.1 Å². The van der Waals surface area contributed by atoms with Crippen LogP contribution in [0.5, 0.6) is 0 Å². The lowest BCUT2D eigenvalue weighted by atomic mass is 10.1. The molecular formula is C21H24F3N3S. The summed E-state index contributed by atoms with van der Waals surface area (Å²) in [5, 5.41) is 4.01. The van der Waals surface area contributed by atoms with E-state index in [9.17, 15) is 13.2 Å². The maximum absolute atomic E-state index is 12.9. The molecule has 0 aliphatic carbocycles. The van der Waals surface area contributed by atoms with Gasteiger partial charge in [-0.1, -0.05) is 30.3 Å². The molecule has 28 heavy (non-hydrogen) atoms. The van der Waals surface area contributed by atoms with Gasteiger partial charge in [0.1, 0.15) is 0 Å². The van der Waals surface area contributed by atoms with Crippen molar-refractivity contribution in [1.82, 2.24) is 9.80 Å². The van der Waals surface area contributed by atoms with Gasteiger partial charge in [0, 0.05) is 38.4 Å². The third-order valence-corrected chi connectivity index (χ3v) is 5.53. The molecule has 1 fully saturated rings. The molecule has 1 N–H and O–H groups in total. The Kier molecular flexibility index (Phi) is 6.25. The predicted molar refractivity (Wildman–Crippen MR) is 110 cm³/mol. The van der Waals surface area contributed by atoms with Crippen molar-refractivity contribution in [3.8, 4) is 0 Å². The first-order chi connectivity index (χ1) is 13.2. The Hall–Kier alpha value is -2.12. The van der Waals surface area contributed by atoms with E-state index < -0.39 is 11.7 Å². The quantitative estimate of drug-likeness (QED) is 0.734. The summed E-state index contributed by atoms with van der Waals surface area (Å²) in [5.74, 6) is 0. The second-order valence-corrected chi connectivity index (χ2v) is 7.53. The molecule has 0 radical (unpaired) electrons. The van der Waals surface area contributed by atoms with Crippen molar-refractivity contribution in [2.45, 2.75) is 26.6 Å². The normalized spacial score (nSPS) is 15.5. The first-order valence-electron chi connectivity index (χ1n) is 9.24. The van der Waals surface area contributed by atoms with Gasteiger partial charge in [-0.05, 0) is 54.9 Å². The van der Waals surface area contributed by atoms with Gasteiger partial charge in [-0.2, -0.15) is 13.2 Å². The molecule has 0 atom stereocenters.